The quantitative estimate of drug-likeness (QED) is 0.640. The van der Waals surface area contributed by atoms with Crippen LogP contribution in [-0.4, -0.2) is 23.6 Å². The molecule has 0 fully saturated rings. The number of nitriles is 1. The summed E-state index contributed by atoms with van der Waals surface area (Å²) in [5.41, 5.74) is 0.191. The van der Waals surface area contributed by atoms with E-state index >= 15 is 0 Å². The van der Waals surface area contributed by atoms with E-state index in [4.69, 9.17) is 5.26 Å². The number of nitrogens with one attached hydrogen (secondary N) is 1. The van der Waals surface area contributed by atoms with Crippen molar-refractivity contribution >= 4 is 11.6 Å². The smallest absolute Gasteiger partial charge is 0.182 e. The van der Waals surface area contributed by atoms with Crippen molar-refractivity contribution in [1.82, 2.24) is 9.97 Å². The van der Waals surface area contributed by atoms with Crippen LogP contribution in [0.15, 0.2) is 6.07 Å². The van der Waals surface area contributed by atoms with Crippen LogP contribution in [-0.2, 0) is 0 Å². The fourth-order valence-electron chi connectivity index (χ4n) is 1.66. The van der Waals surface area contributed by atoms with Crippen molar-refractivity contribution in [3.63, 3.8) is 0 Å². The molecule has 0 saturated heterocycles. The molecule has 92 valence electrons. The SMILES string of the molecule is Cc1nc(NC#N)cc(N(C)CC(C)(C)C)n1. The molecule has 0 aromatic carbocycles. The van der Waals surface area contributed by atoms with Crippen LogP contribution in [0.5, 0.6) is 0 Å². The summed E-state index contributed by atoms with van der Waals surface area (Å²) in [5, 5.41) is 11.1. The van der Waals surface area contributed by atoms with Crippen LogP contribution in [0.25, 0.3) is 0 Å². The molecule has 0 amide bonds. The van der Waals surface area contributed by atoms with Gasteiger partial charge >= 0.3 is 0 Å². The van der Waals surface area contributed by atoms with Crippen LogP contribution < -0.4 is 10.2 Å². The Morgan fingerprint density at radius 3 is 2.59 bits per heavy atom. The first kappa shape index (κ1) is 13.2. The van der Waals surface area contributed by atoms with Gasteiger partial charge in [-0.2, -0.15) is 5.26 Å². The summed E-state index contributed by atoms with van der Waals surface area (Å²) in [5.74, 6) is 2.02. The Balaban J connectivity index is 2.94. The summed E-state index contributed by atoms with van der Waals surface area (Å²) in [6.07, 6.45) is 1.87. The molecule has 0 atom stereocenters. The second-order valence-corrected chi connectivity index (χ2v) is 5.31. The van der Waals surface area contributed by atoms with Crippen molar-refractivity contribution < 1.29 is 0 Å². The van der Waals surface area contributed by atoms with Gasteiger partial charge in [0.1, 0.15) is 17.5 Å². The molecule has 1 aromatic heterocycles. The van der Waals surface area contributed by atoms with E-state index in [2.05, 4.69) is 41.0 Å². The molecule has 0 radical (unpaired) electrons. The van der Waals surface area contributed by atoms with Gasteiger partial charge in [0.25, 0.3) is 0 Å². The summed E-state index contributed by atoms with van der Waals surface area (Å²) >= 11 is 0. The van der Waals surface area contributed by atoms with E-state index in [1.807, 2.05) is 20.2 Å². The van der Waals surface area contributed by atoms with Gasteiger partial charge in [0.15, 0.2) is 6.19 Å². The molecule has 5 nitrogen and oxygen atoms in total. The van der Waals surface area contributed by atoms with Crippen molar-refractivity contribution in [3.05, 3.63) is 11.9 Å². The highest BCUT2D eigenvalue weighted by atomic mass is 15.2. The summed E-state index contributed by atoms with van der Waals surface area (Å²) < 4.78 is 0. The third-order valence-electron chi connectivity index (χ3n) is 2.11. The number of hydrogen-bond donors (Lipinski definition) is 1. The summed E-state index contributed by atoms with van der Waals surface area (Å²) in [7, 11) is 1.99. The molecule has 0 spiro atoms. The average molecular weight is 233 g/mol. The van der Waals surface area contributed by atoms with E-state index < -0.39 is 0 Å². The highest BCUT2D eigenvalue weighted by molar-refractivity contribution is 5.50. The maximum Gasteiger partial charge on any atom is 0.182 e. The van der Waals surface area contributed by atoms with E-state index in [1.165, 1.54) is 0 Å². The highest BCUT2D eigenvalue weighted by Crippen LogP contribution is 2.20. The lowest BCUT2D eigenvalue weighted by Gasteiger charge is -2.27. The molecule has 0 unspecified atom stereocenters. The van der Waals surface area contributed by atoms with Gasteiger partial charge in [-0.15, -0.1) is 0 Å². The Bertz CT molecular complexity index is 428. The van der Waals surface area contributed by atoms with E-state index in [0.29, 0.717) is 11.6 Å². The van der Waals surface area contributed by atoms with Crippen LogP contribution in [0.4, 0.5) is 11.6 Å². The lowest BCUT2D eigenvalue weighted by Crippen LogP contribution is -2.30. The van der Waals surface area contributed by atoms with E-state index in [9.17, 15) is 0 Å². The molecule has 0 aliphatic heterocycles. The first-order valence-electron chi connectivity index (χ1n) is 5.54. The lowest BCUT2D eigenvalue weighted by molar-refractivity contribution is 0.417. The van der Waals surface area contributed by atoms with Crippen LogP contribution in [0, 0.1) is 23.8 Å². The van der Waals surface area contributed by atoms with Gasteiger partial charge < -0.3 is 4.90 Å². The molecular weight excluding hydrogens is 214 g/mol. The summed E-state index contributed by atoms with van der Waals surface area (Å²) in [6.45, 7) is 9.22. The summed E-state index contributed by atoms with van der Waals surface area (Å²) in [6, 6.07) is 1.78. The number of hydrogen-bond acceptors (Lipinski definition) is 5. The third-order valence-corrected chi connectivity index (χ3v) is 2.11. The topological polar surface area (TPSA) is 64.8 Å². The van der Waals surface area contributed by atoms with Gasteiger partial charge in [0.2, 0.25) is 0 Å². The Labute approximate surface area is 102 Å². The van der Waals surface area contributed by atoms with E-state index in [0.717, 1.165) is 12.4 Å². The zero-order valence-corrected chi connectivity index (χ0v) is 11.1. The number of aromatic nitrogens is 2. The molecule has 17 heavy (non-hydrogen) atoms. The number of aryl methyl sites for hydroxylation is 1. The minimum atomic E-state index is 0.191. The van der Waals surface area contributed by atoms with Gasteiger partial charge in [0, 0.05) is 19.7 Å². The van der Waals surface area contributed by atoms with E-state index in [-0.39, 0.29) is 5.41 Å². The second kappa shape index (κ2) is 5.00. The minimum Gasteiger partial charge on any atom is -0.359 e. The molecule has 0 saturated carbocycles. The lowest BCUT2D eigenvalue weighted by atomic mass is 9.96. The average Bonchev–Trinajstić information content (AvgIpc) is 2.14. The summed E-state index contributed by atoms with van der Waals surface area (Å²) in [4.78, 5) is 10.6. The molecule has 0 aliphatic rings. The molecule has 5 heteroatoms. The molecule has 1 N–H and O–H groups in total. The standard InChI is InChI=1S/C12H19N5/c1-9-15-10(14-8-13)6-11(16-9)17(5)7-12(2,3)4/h6H,7H2,1-5H3,(H,14,15,16). The molecule has 1 heterocycles. The van der Waals surface area contributed by atoms with Crippen molar-refractivity contribution in [2.45, 2.75) is 27.7 Å². The van der Waals surface area contributed by atoms with Gasteiger partial charge in [-0.1, -0.05) is 20.8 Å². The molecule has 1 aromatic rings. The predicted molar refractivity (Wildman–Crippen MR) is 68.7 cm³/mol. The van der Waals surface area contributed by atoms with Gasteiger partial charge in [-0.3, -0.25) is 5.32 Å². The van der Waals surface area contributed by atoms with Crippen LogP contribution in [0.1, 0.15) is 26.6 Å². The van der Waals surface area contributed by atoms with Crippen molar-refractivity contribution in [2.75, 3.05) is 23.8 Å². The normalized spacial score (nSPS) is 10.8. The van der Waals surface area contributed by atoms with Crippen LogP contribution >= 0.6 is 0 Å². The van der Waals surface area contributed by atoms with Crippen molar-refractivity contribution in [2.24, 2.45) is 5.41 Å². The highest BCUT2D eigenvalue weighted by Gasteiger charge is 2.15. The van der Waals surface area contributed by atoms with Crippen LogP contribution in [0.2, 0.25) is 0 Å². The Kier molecular flexibility index (Phi) is 3.89. The molecule has 0 bridgehead atoms. The van der Waals surface area contributed by atoms with Crippen molar-refractivity contribution in [3.8, 4) is 6.19 Å². The van der Waals surface area contributed by atoms with Gasteiger partial charge in [0.05, 0.1) is 0 Å². The number of nitrogens with zero attached hydrogens (tertiary/aromatic N) is 4. The molecule has 0 aliphatic carbocycles. The fourth-order valence-corrected chi connectivity index (χ4v) is 1.66. The van der Waals surface area contributed by atoms with Gasteiger partial charge in [-0.25, -0.2) is 9.97 Å². The Hall–Kier alpha value is -1.83. The Morgan fingerprint density at radius 1 is 1.41 bits per heavy atom. The first-order chi connectivity index (χ1) is 7.81. The molecule has 1 rings (SSSR count). The maximum atomic E-state index is 8.59. The number of anilines is 2. The van der Waals surface area contributed by atoms with Crippen LogP contribution in [0.3, 0.4) is 0 Å². The zero-order valence-electron chi connectivity index (χ0n) is 11.1. The number of rotatable bonds is 3. The monoisotopic (exact) mass is 233 g/mol. The Morgan fingerprint density at radius 2 is 2.06 bits per heavy atom. The fraction of sp³-hybridized carbons (Fsp3) is 0.583. The molecular formula is C12H19N5. The predicted octanol–water partition coefficient (Wildman–Crippen LogP) is 2.16. The van der Waals surface area contributed by atoms with Crippen molar-refractivity contribution in [1.29, 1.82) is 5.26 Å². The minimum absolute atomic E-state index is 0.191. The first-order valence-corrected chi connectivity index (χ1v) is 5.54. The zero-order chi connectivity index (χ0) is 13.1. The second-order valence-electron chi connectivity index (χ2n) is 5.31. The maximum absolute atomic E-state index is 8.59. The van der Waals surface area contributed by atoms with Gasteiger partial charge in [-0.05, 0) is 12.3 Å². The third kappa shape index (κ3) is 4.27. The van der Waals surface area contributed by atoms with E-state index in [1.54, 1.807) is 6.07 Å². The largest absolute Gasteiger partial charge is 0.359 e.